The summed E-state index contributed by atoms with van der Waals surface area (Å²) in [5.41, 5.74) is -0.322. The minimum absolute atomic E-state index is 0.0355. The van der Waals surface area contributed by atoms with Gasteiger partial charge in [-0.2, -0.15) is 0 Å². The smallest absolute Gasteiger partial charge is 0.305 e. The van der Waals surface area contributed by atoms with Gasteiger partial charge in [0.15, 0.2) is 0 Å². The monoisotopic (exact) mass is 289 g/mol. The van der Waals surface area contributed by atoms with Crippen LogP contribution in [0.3, 0.4) is 0 Å². The van der Waals surface area contributed by atoms with Crippen molar-refractivity contribution in [3.8, 4) is 0 Å². The van der Waals surface area contributed by atoms with E-state index < -0.39 is 16.6 Å². The summed E-state index contributed by atoms with van der Waals surface area (Å²) >= 11 is 0. The first-order valence-corrected chi connectivity index (χ1v) is 6.05. The molecule has 0 radical (unpaired) electrons. The number of nitro groups is 1. The van der Waals surface area contributed by atoms with Crippen LogP contribution >= 0.6 is 0 Å². The first-order chi connectivity index (χ1) is 10.0. The Bertz CT molecular complexity index is 704. The molecule has 2 aromatic carbocycles. The van der Waals surface area contributed by atoms with Gasteiger partial charge in [-0.3, -0.25) is 14.9 Å². The van der Waals surface area contributed by atoms with Crippen molar-refractivity contribution in [2.45, 2.75) is 0 Å². The normalized spacial score (nSPS) is 10.0. The van der Waals surface area contributed by atoms with Gasteiger partial charge in [-0.05, 0) is 24.3 Å². The number of anilines is 2. The lowest BCUT2D eigenvalue weighted by Gasteiger charge is -2.09. The highest BCUT2D eigenvalue weighted by molar-refractivity contribution is 6.08. The number of hydrogen-bond acceptors (Lipinski definition) is 4. The molecule has 0 unspecified atom stereocenters. The fraction of sp³-hybridized carbons (Fsp3) is 0.0714. The number of halogens is 1. The summed E-state index contributed by atoms with van der Waals surface area (Å²) in [6.07, 6.45) is 0. The van der Waals surface area contributed by atoms with E-state index in [2.05, 4.69) is 10.6 Å². The number of benzene rings is 2. The lowest BCUT2D eigenvalue weighted by molar-refractivity contribution is -0.384. The molecule has 6 nitrogen and oxygen atoms in total. The third-order valence-corrected chi connectivity index (χ3v) is 2.85. The molecule has 2 rings (SSSR count). The zero-order valence-electron chi connectivity index (χ0n) is 11.1. The summed E-state index contributed by atoms with van der Waals surface area (Å²) in [5, 5.41) is 16.1. The number of amides is 1. The number of hydrogen-bond donors (Lipinski definition) is 2. The highest BCUT2D eigenvalue weighted by Crippen LogP contribution is 2.29. The van der Waals surface area contributed by atoms with Crippen LogP contribution in [0.5, 0.6) is 0 Å². The summed E-state index contributed by atoms with van der Waals surface area (Å²) in [6.45, 7) is 0. The van der Waals surface area contributed by atoms with Crippen molar-refractivity contribution < 1.29 is 14.1 Å². The summed E-state index contributed by atoms with van der Waals surface area (Å²) in [7, 11) is 1.51. The van der Waals surface area contributed by atoms with Crippen LogP contribution in [0.2, 0.25) is 0 Å². The summed E-state index contributed by atoms with van der Waals surface area (Å²) in [4.78, 5) is 22.6. The molecular weight excluding hydrogens is 277 g/mol. The minimum atomic E-state index is -0.746. The maximum absolute atomic E-state index is 13.5. The van der Waals surface area contributed by atoms with E-state index in [-0.39, 0.29) is 22.6 Å². The average molecular weight is 289 g/mol. The molecule has 0 saturated carbocycles. The van der Waals surface area contributed by atoms with Crippen LogP contribution in [0.15, 0.2) is 42.5 Å². The standard InChI is InChI=1S/C14H12FN3O3/c1-16-12-8-4-5-9(13(12)18(20)21)14(19)17-11-7-3-2-6-10(11)15/h2-8,16H,1H3,(H,17,19). The number of rotatable bonds is 4. The van der Waals surface area contributed by atoms with E-state index in [0.29, 0.717) is 0 Å². The Morgan fingerprint density at radius 2 is 1.81 bits per heavy atom. The van der Waals surface area contributed by atoms with Crippen LogP contribution in [-0.2, 0) is 0 Å². The van der Waals surface area contributed by atoms with E-state index in [1.165, 1.54) is 43.4 Å². The molecule has 0 aromatic heterocycles. The highest BCUT2D eigenvalue weighted by atomic mass is 19.1. The number of carbonyl (C=O) groups excluding carboxylic acids is 1. The van der Waals surface area contributed by atoms with E-state index >= 15 is 0 Å². The van der Waals surface area contributed by atoms with Gasteiger partial charge >= 0.3 is 5.69 Å². The molecular formula is C14H12FN3O3. The number of nitrogens with zero attached hydrogens (tertiary/aromatic N) is 1. The predicted octanol–water partition coefficient (Wildman–Crippen LogP) is 3.03. The van der Waals surface area contributed by atoms with Crippen molar-refractivity contribution in [3.63, 3.8) is 0 Å². The first kappa shape index (κ1) is 14.4. The maximum atomic E-state index is 13.5. The van der Waals surface area contributed by atoms with Crippen molar-refractivity contribution in [3.05, 3.63) is 64.0 Å². The number of carbonyl (C=O) groups is 1. The van der Waals surface area contributed by atoms with Crippen LogP contribution in [-0.4, -0.2) is 17.9 Å². The fourth-order valence-electron chi connectivity index (χ4n) is 1.88. The largest absolute Gasteiger partial charge is 0.383 e. The van der Waals surface area contributed by atoms with Gasteiger partial charge in [0.1, 0.15) is 17.1 Å². The summed E-state index contributed by atoms with van der Waals surface area (Å²) < 4.78 is 13.5. The molecule has 0 heterocycles. The second kappa shape index (κ2) is 6.00. The molecule has 21 heavy (non-hydrogen) atoms. The van der Waals surface area contributed by atoms with E-state index in [9.17, 15) is 19.3 Å². The Hall–Kier alpha value is -2.96. The lowest BCUT2D eigenvalue weighted by atomic mass is 10.1. The van der Waals surface area contributed by atoms with Crippen molar-refractivity contribution in [2.24, 2.45) is 0 Å². The first-order valence-electron chi connectivity index (χ1n) is 6.05. The van der Waals surface area contributed by atoms with Crippen molar-refractivity contribution >= 4 is 23.0 Å². The van der Waals surface area contributed by atoms with Crippen molar-refractivity contribution in [1.82, 2.24) is 0 Å². The Morgan fingerprint density at radius 3 is 2.43 bits per heavy atom. The van der Waals surface area contributed by atoms with E-state index in [1.54, 1.807) is 6.07 Å². The second-order valence-electron chi connectivity index (χ2n) is 4.14. The Labute approximate surface area is 119 Å². The van der Waals surface area contributed by atoms with Crippen LogP contribution in [0.25, 0.3) is 0 Å². The van der Waals surface area contributed by atoms with Gasteiger partial charge in [0.25, 0.3) is 5.91 Å². The van der Waals surface area contributed by atoms with Gasteiger partial charge in [-0.1, -0.05) is 18.2 Å². The lowest BCUT2D eigenvalue weighted by Crippen LogP contribution is -2.15. The molecule has 0 saturated heterocycles. The maximum Gasteiger partial charge on any atom is 0.305 e. The molecule has 2 N–H and O–H groups in total. The molecule has 0 bridgehead atoms. The molecule has 0 aliphatic rings. The second-order valence-corrected chi connectivity index (χ2v) is 4.14. The van der Waals surface area contributed by atoms with Crippen molar-refractivity contribution in [1.29, 1.82) is 0 Å². The van der Waals surface area contributed by atoms with Gasteiger partial charge in [0, 0.05) is 7.05 Å². The van der Waals surface area contributed by atoms with Crippen LogP contribution in [0, 0.1) is 15.9 Å². The molecule has 0 spiro atoms. The molecule has 0 atom stereocenters. The van der Waals surface area contributed by atoms with Gasteiger partial charge in [0.05, 0.1) is 10.6 Å². The van der Waals surface area contributed by atoms with Gasteiger partial charge in [-0.15, -0.1) is 0 Å². The predicted molar refractivity (Wildman–Crippen MR) is 77.0 cm³/mol. The molecule has 7 heteroatoms. The average Bonchev–Trinajstić information content (AvgIpc) is 2.48. The van der Waals surface area contributed by atoms with Crippen LogP contribution in [0.4, 0.5) is 21.5 Å². The zero-order valence-corrected chi connectivity index (χ0v) is 11.1. The number of nitro benzene ring substituents is 1. The van der Waals surface area contributed by atoms with Gasteiger partial charge < -0.3 is 10.6 Å². The molecule has 0 aliphatic heterocycles. The molecule has 1 amide bonds. The van der Waals surface area contributed by atoms with Crippen molar-refractivity contribution in [2.75, 3.05) is 17.7 Å². The third kappa shape index (κ3) is 2.97. The quantitative estimate of drug-likeness (QED) is 0.669. The van der Waals surface area contributed by atoms with Gasteiger partial charge in [-0.25, -0.2) is 4.39 Å². The summed E-state index contributed by atoms with van der Waals surface area (Å²) in [5.74, 6) is -1.36. The van der Waals surface area contributed by atoms with Crippen LogP contribution < -0.4 is 10.6 Å². The van der Waals surface area contributed by atoms with E-state index in [0.717, 1.165) is 0 Å². The molecule has 0 aliphatic carbocycles. The van der Waals surface area contributed by atoms with E-state index in [1.807, 2.05) is 0 Å². The Balaban J connectivity index is 2.40. The van der Waals surface area contributed by atoms with E-state index in [4.69, 9.17) is 0 Å². The topological polar surface area (TPSA) is 84.3 Å². The molecule has 0 fully saturated rings. The van der Waals surface area contributed by atoms with Crippen LogP contribution in [0.1, 0.15) is 10.4 Å². The molecule has 2 aromatic rings. The Kier molecular flexibility index (Phi) is 4.13. The third-order valence-electron chi connectivity index (χ3n) is 2.85. The minimum Gasteiger partial charge on any atom is -0.383 e. The number of nitrogens with one attached hydrogen (secondary N) is 2. The van der Waals surface area contributed by atoms with Gasteiger partial charge in [0.2, 0.25) is 0 Å². The number of para-hydroxylation sites is 2. The zero-order chi connectivity index (χ0) is 15.4. The Morgan fingerprint density at radius 1 is 1.14 bits per heavy atom. The SMILES string of the molecule is CNc1cccc(C(=O)Nc2ccccc2F)c1[N+](=O)[O-]. The highest BCUT2D eigenvalue weighted by Gasteiger charge is 2.24. The molecule has 108 valence electrons. The fourth-order valence-corrected chi connectivity index (χ4v) is 1.88. The summed E-state index contributed by atoms with van der Waals surface area (Å²) in [6, 6.07) is 9.91.